The molecule has 0 aromatic heterocycles. The van der Waals surface area contributed by atoms with Crippen LogP contribution in [-0.4, -0.2) is 4.92 Å². The Hall–Kier alpha value is -2.02. The van der Waals surface area contributed by atoms with Crippen molar-refractivity contribution in [3.63, 3.8) is 0 Å². The monoisotopic (exact) mass is 342 g/mol. The van der Waals surface area contributed by atoms with E-state index in [1.165, 1.54) is 0 Å². The molecule has 0 aliphatic heterocycles. The second-order valence-electron chi connectivity index (χ2n) is 3.99. The number of hydrogen-bond donors (Lipinski definition) is 1. The topological polar surface area (TPSA) is 55.2 Å². The van der Waals surface area contributed by atoms with Crippen molar-refractivity contribution >= 4 is 27.3 Å². The number of nitrogens with zero attached hydrogens (tertiary/aromatic N) is 1. The van der Waals surface area contributed by atoms with Gasteiger partial charge in [0.25, 0.3) is 5.69 Å². The number of anilines is 1. The number of hydrogen-bond acceptors (Lipinski definition) is 3. The van der Waals surface area contributed by atoms with Gasteiger partial charge in [-0.1, -0.05) is 28.1 Å². The van der Waals surface area contributed by atoms with E-state index in [-0.39, 0.29) is 6.54 Å². The maximum absolute atomic E-state index is 13.6. The lowest BCUT2D eigenvalue weighted by molar-refractivity contribution is -0.384. The molecule has 0 aliphatic carbocycles. The number of halogens is 3. The van der Waals surface area contributed by atoms with E-state index in [1.54, 1.807) is 24.3 Å². The summed E-state index contributed by atoms with van der Waals surface area (Å²) in [4.78, 5) is 10.1. The third kappa shape index (κ3) is 3.11. The molecule has 0 heterocycles. The van der Waals surface area contributed by atoms with Crippen LogP contribution in [0.1, 0.15) is 5.56 Å². The normalized spacial score (nSPS) is 10.3. The van der Waals surface area contributed by atoms with Gasteiger partial charge in [0.2, 0.25) is 0 Å². The molecule has 0 amide bonds. The molecular weight excluding hydrogens is 334 g/mol. The Bertz CT molecular complexity index is 648. The van der Waals surface area contributed by atoms with Crippen LogP contribution in [0.25, 0.3) is 0 Å². The fraction of sp³-hybridized carbons (Fsp3) is 0.0769. The molecule has 0 atom stereocenters. The van der Waals surface area contributed by atoms with Gasteiger partial charge in [0.15, 0.2) is 17.3 Å². The molecule has 2 rings (SSSR count). The molecule has 0 fully saturated rings. The molecule has 20 heavy (non-hydrogen) atoms. The van der Waals surface area contributed by atoms with E-state index in [0.29, 0.717) is 0 Å². The maximum atomic E-state index is 13.6. The molecule has 0 unspecified atom stereocenters. The summed E-state index contributed by atoms with van der Waals surface area (Å²) < 4.78 is 27.7. The SMILES string of the molecule is O=[N+]([O-])c1ccc(F)c(F)c1NCc1ccc(Br)cc1. The molecule has 0 radical (unpaired) electrons. The van der Waals surface area contributed by atoms with Crippen LogP contribution in [0, 0.1) is 21.7 Å². The van der Waals surface area contributed by atoms with Crippen LogP contribution in [0.3, 0.4) is 0 Å². The van der Waals surface area contributed by atoms with Gasteiger partial charge in [-0.2, -0.15) is 0 Å². The highest BCUT2D eigenvalue weighted by atomic mass is 79.9. The lowest BCUT2D eigenvalue weighted by Gasteiger charge is -2.09. The van der Waals surface area contributed by atoms with E-state index in [1.807, 2.05) is 0 Å². The zero-order valence-electron chi connectivity index (χ0n) is 10.1. The molecule has 7 heteroatoms. The van der Waals surface area contributed by atoms with Crippen molar-refractivity contribution in [2.24, 2.45) is 0 Å². The number of nitro benzene ring substituents is 1. The second-order valence-corrected chi connectivity index (χ2v) is 4.91. The summed E-state index contributed by atoms with van der Waals surface area (Å²) in [6, 6.07) is 8.77. The van der Waals surface area contributed by atoms with Crippen molar-refractivity contribution in [2.75, 3.05) is 5.32 Å². The molecule has 0 saturated carbocycles. The largest absolute Gasteiger partial charge is 0.373 e. The van der Waals surface area contributed by atoms with Gasteiger partial charge < -0.3 is 5.32 Å². The summed E-state index contributed by atoms with van der Waals surface area (Å²) in [5.41, 5.74) is -0.162. The van der Waals surface area contributed by atoms with E-state index in [0.717, 1.165) is 22.2 Å². The van der Waals surface area contributed by atoms with Gasteiger partial charge in [0, 0.05) is 17.1 Å². The highest BCUT2D eigenvalue weighted by molar-refractivity contribution is 9.10. The first kappa shape index (κ1) is 14.4. The first-order valence-electron chi connectivity index (χ1n) is 5.59. The highest BCUT2D eigenvalue weighted by Gasteiger charge is 2.21. The number of nitro groups is 1. The van der Waals surface area contributed by atoms with Gasteiger partial charge in [-0.05, 0) is 23.8 Å². The summed E-state index contributed by atoms with van der Waals surface area (Å²) in [5.74, 6) is -2.38. The van der Waals surface area contributed by atoms with E-state index in [9.17, 15) is 18.9 Å². The third-order valence-electron chi connectivity index (χ3n) is 2.65. The highest BCUT2D eigenvalue weighted by Crippen LogP contribution is 2.29. The van der Waals surface area contributed by atoms with Crippen LogP contribution < -0.4 is 5.32 Å². The smallest absolute Gasteiger partial charge is 0.295 e. The van der Waals surface area contributed by atoms with E-state index < -0.39 is 27.9 Å². The van der Waals surface area contributed by atoms with Crippen LogP contribution in [0.2, 0.25) is 0 Å². The fourth-order valence-electron chi connectivity index (χ4n) is 1.65. The van der Waals surface area contributed by atoms with Crippen LogP contribution in [-0.2, 0) is 6.54 Å². The van der Waals surface area contributed by atoms with Crippen molar-refractivity contribution in [2.45, 2.75) is 6.54 Å². The third-order valence-corrected chi connectivity index (χ3v) is 3.18. The summed E-state index contributed by atoms with van der Waals surface area (Å²) in [7, 11) is 0. The van der Waals surface area contributed by atoms with Gasteiger partial charge in [-0.15, -0.1) is 0 Å². The molecule has 0 bridgehead atoms. The molecule has 104 valence electrons. The van der Waals surface area contributed by atoms with E-state index in [4.69, 9.17) is 0 Å². The van der Waals surface area contributed by atoms with Crippen LogP contribution in [0.5, 0.6) is 0 Å². The lowest BCUT2D eigenvalue weighted by atomic mass is 10.2. The van der Waals surface area contributed by atoms with Gasteiger partial charge >= 0.3 is 0 Å². The number of nitrogens with one attached hydrogen (secondary N) is 1. The first-order chi connectivity index (χ1) is 9.49. The minimum Gasteiger partial charge on any atom is -0.373 e. The van der Waals surface area contributed by atoms with Gasteiger partial charge in [-0.25, -0.2) is 8.78 Å². The predicted octanol–water partition coefficient (Wildman–Crippen LogP) is 4.25. The van der Waals surface area contributed by atoms with Crippen molar-refractivity contribution in [3.8, 4) is 0 Å². The molecule has 0 spiro atoms. The Morgan fingerprint density at radius 3 is 2.40 bits per heavy atom. The quantitative estimate of drug-likeness (QED) is 0.667. The molecule has 4 nitrogen and oxygen atoms in total. The number of rotatable bonds is 4. The van der Waals surface area contributed by atoms with Crippen molar-refractivity contribution in [3.05, 3.63) is 68.2 Å². The molecular formula is C13H9BrF2N2O2. The molecule has 0 aliphatic rings. The molecule has 1 N–H and O–H groups in total. The lowest BCUT2D eigenvalue weighted by Crippen LogP contribution is -2.06. The molecule has 2 aromatic carbocycles. The Kier molecular flexibility index (Phi) is 4.29. The van der Waals surface area contributed by atoms with Gasteiger partial charge in [0.1, 0.15) is 0 Å². The summed E-state index contributed by atoms with van der Waals surface area (Å²) in [5, 5.41) is 13.4. The van der Waals surface area contributed by atoms with Crippen LogP contribution in [0.4, 0.5) is 20.2 Å². The molecule has 2 aromatic rings. The minimum absolute atomic E-state index is 0.147. The zero-order chi connectivity index (χ0) is 14.7. The van der Waals surface area contributed by atoms with Crippen molar-refractivity contribution in [1.29, 1.82) is 0 Å². The Labute approximate surface area is 121 Å². The Morgan fingerprint density at radius 2 is 1.80 bits per heavy atom. The average molecular weight is 343 g/mol. The minimum atomic E-state index is -1.25. The maximum Gasteiger partial charge on any atom is 0.295 e. The summed E-state index contributed by atoms with van der Waals surface area (Å²) in [6.45, 7) is 0.147. The standard InChI is InChI=1S/C13H9BrF2N2O2/c14-9-3-1-8(2-4-9)7-17-13-11(18(19)20)6-5-10(15)12(13)16/h1-6,17H,7H2. The average Bonchev–Trinajstić information content (AvgIpc) is 2.42. The van der Waals surface area contributed by atoms with Crippen LogP contribution in [0.15, 0.2) is 40.9 Å². The van der Waals surface area contributed by atoms with Crippen LogP contribution >= 0.6 is 15.9 Å². The predicted molar refractivity (Wildman–Crippen MR) is 74.5 cm³/mol. The fourth-order valence-corrected chi connectivity index (χ4v) is 1.92. The Morgan fingerprint density at radius 1 is 1.15 bits per heavy atom. The van der Waals surface area contributed by atoms with E-state index in [2.05, 4.69) is 21.2 Å². The van der Waals surface area contributed by atoms with Crippen molar-refractivity contribution < 1.29 is 13.7 Å². The molecule has 0 saturated heterocycles. The number of benzene rings is 2. The first-order valence-corrected chi connectivity index (χ1v) is 6.39. The van der Waals surface area contributed by atoms with Gasteiger partial charge in [0.05, 0.1) is 4.92 Å². The summed E-state index contributed by atoms with van der Waals surface area (Å²) in [6.07, 6.45) is 0. The van der Waals surface area contributed by atoms with E-state index >= 15 is 0 Å². The zero-order valence-corrected chi connectivity index (χ0v) is 11.7. The van der Waals surface area contributed by atoms with Crippen molar-refractivity contribution in [1.82, 2.24) is 0 Å². The van der Waals surface area contributed by atoms with Gasteiger partial charge in [-0.3, -0.25) is 10.1 Å². The Balaban J connectivity index is 2.26. The summed E-state index contributed by atoms with van der Waals surface area (Å²) >= 11 is 3.27. The second kappa shape index (κ2) is 5.96.